The average Bonchev–Trinajstić information content (AvgIpc) is 2.82. The van der Waals surface area contributed by atoms with Gasteiger partial charge in [0.15, 0.2) is 0 Å². The summed E-state index contributed by atoms with van der Waals surface area (Å²) in [6, 6.07) is 4.03. The molecule has 0 spiro atoms. The molecule has 0 bridgehead atoms. The molecule has 4 nitrogen and oxygen atoms in total. The van der Waals surface area contributed by atoms with Crippen molar-refractivity contribution in [3.63, 3.8) is 0 Å². The van der Waals surface area contributed by atoms with Crippen molar-refractivity contribution in [1.29, 1.82) is 0 Å². The van der Waals surface area contributed by atoms with Gasteiger partial charge >= 0.3 is 0 Å². The van der Waals surface area contributed by atoms with E-state index in [2.05, 4.69) is 27.5 Å². The van der Waals surface area contributed by atoms with Crippen LogP contribution in [0.5, 0.6) is 5.75 Å². The Morgan fingerprint density at radius 2 is 2.11 bits per heavy atom. The fourth-order valence-corrected chi connectivity index (χ4v) is 2.70. The molecule has 0 aliphatic carbocycles. The SMILES string of the molecule is COc1ccn2c(C3CCN(C)CC3)ncc2c1. The van der Waals surface area contributed by atoms with Gasteiger partial charge in [0.2, 0.25) is 0 Å². The lowest BCUT2D eigenvalue weighted by Crippen LogP contribution is -2.29. The summed E-state index contributed by atoms with van der Waals surface area (Å²) in [4.78, 5) is 6.99. The van der Waals surface area contributed by atoms with Crippen molar-refractivity contribution in [2.75, 3.05) is 27.2 Å². The van der Waals surface area contributed by atoms with Gasteiger partial charge in [-0.2, -0.15) is 0 Å². The Hall–Kier alpha value is -1.55. The molecule has 0 aromatic carbocycles. The lowest BCUT2D eigenvalue weighted by Gasteiger charge is -2.28. The minimum absolute atomic E-state index is 0.581. The van der Waals surface area contributed by atoms with Crippen LogP contribution in [0.25, 0.3) is 5.52 Å². The van der Waals surface area contributed by atoms with Crippen molar-refractivity contribution in [3.05, 3.63) is 30.4 Å². The van der Waals surface area contributed by atoms with Crippen LogP contribution < -0.4 is 4.74 Å². The van der Waals surface area contributed by atoms with Gasteiger partial charge in [-0.25, -0.2) is 4.98 Å². The molecule has 4 heteroatoms. The molecule has 1 aliphatic rings. The first-order valence-electron chi connectivity index (χ1n) is 6.47. The van der Waals surface area contributed by atoms with E-state index in [1.807, 2.05) is 18.3 Å². The quantitative estimate of drug-likeness (QED) is 0.812. The summed E-state index contributed by atoms with van der Waals surface area (Å²) >= 11 is 0. The molecule has 1 aliphatic heterocycles. The highest BCUT2D eigenvalue weighted by atomic mass is 16.5. The van der Waals surface area contributed by atoms with Gasteiger partial charge in [-0.1, -0.05) is 0 Å². The van der Waals surface area contributed by atoms with Crippen molar-refractivity contribution < 1.29 is 4.74 Å². The van der Waals surface area contributed by atoms with Gasteiger partial charge in [0.1, 0.15) is 11.6 Å². The molecule has 0 atom stereocenters. The van der Waals surface area contributed by atoms with Crippen molar-refractivity contribution >= 4 is 5.52 Å². The largest absolute Gasteiger partial charge is 0.497 e. The van der Waals surface area contributed by atoms with Crippen LogP contribution in [0.4, 0.5) is 0 Å². The molecule has 0 unspecified atom stereocenters. The van der Waals surface area contributed by atoms with Gasteiger partial charge in [0, 0.05) is 18.2 Å². The summed E-state index contributed by atoms with van der Waals surface area (Å²) in [6.45, 7) is 2.32. The standard InChI is InChI=1S/C14H19N3O/c1-16-6-3-11(4-7-16)14-15-10-12-9-13(18-2)5-8-17(12)14/h5,8-11H,3-4,6-7H2,1-2H3. The number of pyridine rings is 1. The Morgan fingerprint density at radius 1 is 1.33 bits per heavy atom. The van der Waals surface area contributed by atoms with Gasteiger partial charge in [0.25, 0.3) is 0 Å². The summed E-state index contributed by atoms with van der Waals surface area (Å²) < 4.78 is 7.44. The number of imidazole rings is 1. The summed E-state index contributed by atoms with van der Waals surface area (Å²) in [7, 11) is 3.88. The number of aromatic nitrogens is 2. The number of hydrogen-bond donors (Lipinski definition) is 0. The van der Waals surface area contributed by atoms with Crippen LogP contribution in [0.15, 0.2) is 24.5 Å². The maximum absolute atomic E-state index is 5.24. The van der Waals surface area contributed by atoms with Gasteiger partial charge in [-0.05, 0) is 39.0 Å². The highest BCUT2D eigenvalue weighted by Gasteiger charge is 2.21. The number of nitrogens with zero attached hydrogens (tertiary/aromatic N) is 3. The smallest absolute Gasteiger partial charge is 0.122 e. The predicted octanol–water partition coefficient (Wildman–Crippen LogP) is 2.15. The van der Waals surface area contributed by atoms with Gasteiger partial charge < -0.3 is 14.0 Å². The molecule has 1 fully saturated rings. The third-order valence-corrected chi connectivity index (χ3v) is 3.85. The lowest BCUT2D eigenvalue weighted by atomic mass is 9.96. The monoisotopic (exact) mass is 245 g/mol. The number of methoxy groups -OCH3 is 1. The molecule has 3 heterocycles. The molecule has 0 N–H and O–H groups in total. The van der Waals surface area contributed by atoms with Crippen LogP contribution in [0.3, 0.4) is 0 Å². The summed E-state index contributed by atoms with van der Waals surface area (Å²) in [5.74, 6) is 2.66. The topological polar surface area (TPSA) is 29.8 Å². The molecule has 2 aromatic rings. The molecular formula is C14H19N3O. The Morgan fingerprint density at radius 3 is 2.83 bits per heavy atom. The first-order chi connectivity index (χ1) is 8.78. The number of ether oxygens (including phenoxy) is 1. The molecule has 96 valence electrons. The van der Waals surface area contributed by atoms with Crippen LogP contribution in [0.1, 0.15) is 24.6 Å². The van der Waals surface area contributed by atoms with E-state index in [-0.39, 0.29) is 0 Å². The van der Waals surface area contributed by atoms with Crippen LogP contribution in [-0.2, 0) is 0 Å². The van der Waals surface area contributed by atoms with E-state index >= 15 is 0 Å². The molecular weight excluding hydrogens is 226 g/mol. The van der Waals surface area contributed by atoms with E-state index in [1.54, 1.807) is 7.11 Å². The van der Waals surface area contributed by atoms with E-state index in [0.29, 0.717) is 5.92 Å². The van der Waals surface area contributed by atoms with Crippen molar-refractivity contribution in [3.8, 4) is 5.75 Å². The maximum atomic E-state index is 5.24. The zero-order chi connectivity index (χ0) is 12.5. The maximum Gasteiger partial charge on any atom is 0.122 e. The summed E-state index contributed by atoms with van der Waals surface area (Å²) in [5.41, 5.74) is 1.11. The lowest BCUT2D eigenvalue weighted by molar-refractivity contribution is 0.251. The molecule has 18 heavy (non-hydrogen) atoms. The van der Waals surface area contributed by atoms with Crippen LogP contribution in [0.2, 0.25) is 0 Å². The Kier molecular flexibility index (Phi) is 2.96. The van der Waals surface area contributed by atoms with E-state index in [9.17, 15) is 0 Å². The van der Waals surface area contributed by atoms with E-state index in [4.69, 9.17) is 4.74 Å². The van der Waals surface area contributed by atoms with Gasteiger partial charge in [0.05, 0.1) is 18.8 Å². The number of rotatable bonds is 2. The van der Waals surface area contributed by atoms with E-state index < -0.39 is 0 Å². The predicted molar refractivity (Wildman–Crippen MR) is 71.2 cm³/mol. The summed E-state index contributed by atoms with van der Waals surface area (Å²) in [5, 5.41) is 0. The second-order valence-electron chi connectivity index (χ2n) is 5.06. The minimum Gasteiger partial charge on any atom is -0.497 e. The second kappa shape index (κ2) is 4.61. The first kappa shape index (κ1) is 11.5. The van der Waals surface area contributed by atoms with E-state index in [1.165, 1.54) is 18.7 Å². The average molecular weight is 245 g/mol. The van der Waals surface area contributed by atoms with Crippen LogP contribution >= 0.6 is 0 Å². The molecule has 3 rings (SSSR count). The number of piperidine rings is 1. The minimum atomic E-state index is 0.581. The first-order valence-corrected chi connectivity index (χ1v) is 6.47. The van der Waals surface area contributed by atoms with Crippen molar-refractivity contribution in [1.82, 2.24) is 14.3 Å². The Balaban J connectivity index is 1.93. The van der Waals surface area contributed by atoms with Crippen LogP contribution in [-0.4, -0.2) is 41.5 Å². The second-order valence-corrected chi connectivity index (χ2v) is 5.06. The normalized spacial score (nSPS) is 18.3. The van der Waals surface area contributed by atoms with Crippen molar-refractivity contribution in [2.45, 2.75) is 18.8 Å². The van der Waals surface area contributed by atoms with Gasteiger partial charge in [-0.15, -0.1) is 0 Å². The number of likely N-dealkylation sites (tertiary alicyclic amines) is 1. The zero-order valence-corrected chi connectivity index (χ0v) is 11.0. The Labute approximate surface area is 107 Å². The molecule has 2 aromatic heterocycles. The summed E-state index contributed by atoms with van der Waals surface area (Å²) in [6.07, 6.45) is 6.40. The van der Waals surface area contributed by atoms with E-state index in [0.717, 1.165) is 24.4 Å². The number of hydrogen-bond acceptors (Lipinski definition) is 3. The highest BCUT2D eigenvalue weighted by Crippen LogP contribution is 2.28. The third-order valence-electron chi connectivity index (χ3n) is 3.85. The number of fused-ring (bicyclic) bond motifs is 1. The van der Waals surface area contributed by atoms with Gasteiger partial charge in [-0.3, -0.25) is 0 Å². The highest BCUT2D eigenvalue weighted by molar-refractivity contribution is 5.50. The molecule has 0 amide bonds. The zero-order valence-electron chi connectivity index (χ0n) is 11.0. The van der Waals surface area contributed by atoms with Crippen molar-refractivity contribution in [2.24, 2.45) is 0 Å². The molecule has 0 saturated carbocycles. The fraction of sp³-hybridized carbons (Fsp3) is 0.500. The third kappa shape index (κ3) is 1.97. The Bertz CT molecular complexity index is 541. The van der Waals surface area contributed by atoms with Crippen LogP contribution in [0, 0.1) is 0 Å². The fourth-order valence-electron chi connectivity index (χ4n) is 2.70. The molecule has 0 radical (unpaired) electrons. The molecule has 1 saturated heterocycles.